The average molecular weight is 300 g/mol. The molecule has 4 aromatic rings. The summed E-state index contributed by atoms with van der Waals surface area (Å²) in [6.07, 6.45) is 3.76. The predicted molar refractivity (Wildman–Crippen MR) is 90.9 cm³/mol. The van der Waals surface area contributed by atoms with E-state index in [0.717, 1.165) is 29.1 Å². The Labute approximate surface area is 134 Å². The Kier molecular flexibility index (Phi) is 3.53. The van der Waals surface area contributed by atoms with Crippen molar-refractivity contribution in [2.75, 3.05) is 0 Å². The first-order valence-corrected chi connectivity index (χ1v) is 7.61. The molecule has 112 valence electrons. The zero-order valence-corrected chi connectivity index (χ0v) is 12.6. The van der Waals surface area contributed by atoms with Crippen molar-refractivity contribution < 1.29 is 4.42 Å². The summed E-state index contributed by atoms with van der Waals surface area (Å²) >= 11 is 0. The molecule has 0 radical (unpaired) electrons. The van der Waals surface area contributed by atoms with E-state index in [1.807, 2.05) is 53.2 Å². The molecule has 0 saturated carbocycles. The quantitative estimate of drug-likeness (QED) is 0.539. The number of hydrogen-bond donors (Lipinski definition) is 0. The summed E-state index contributed by atoms with van der Waals surface area (Å²) in [5.74, 6) is 0.788. The molecule has 0 aliphatic carbocycles. The van der Waals surface area contributed by atoms with Crippen molar-refractivity contribution in [1.82, 2.24) is 9.78 Å². The molecule has 0 atom stereocenters. The van der Waals surface area contributed by atoms with Gasteiger partial charge in [-0.1, -0.05) is 60.7 Å². The van der Waals surface area contributed by atoms with Crippen molar-refractivity contribution in [3.8, 4) is 22.6 Å². The first-order chi connectivity index (χ1) is 11.4. The molecular weight excluding hydrogens is 284 g/mol. The molecule has 2 heterocycles. The second kappa shape index (κ2) is 5.97. The second-order valence-corrected chi connectivity index (χ2v) is 5.42. The van der Waals surface area contributed by atoms with Gasteiger partial charge in [-0.25, -0.2) is 0 Å². The Morgan fingerprint density at radius 3 is 2.26 bits per heavy atom. The molecular formula is C20H16N2O. The van der Waals surface area contributed by atoms with Crippen LogP contribution in [0.25, 0.3) is 22.6 Å². The molecule has 4 rings (SSSR count). The molecule has 23 heavy (non-hydrogen) atoms. The molecule has 0 aliphatic rings. The fraction of sp³-hybridized carbons (Fsp3) is 0.0500. The molecule has 0 spiro atoms. The van der Waals surface area contributed by atoms with Crippen LogP contribution in [0.15, 0.2) is 89.7 Å². The van der Waals surface area contributed by atoms with Gasteiger partial charge >= 0.3 is 0 Å². The number of hydrogen-bond acceptors (Lipinski definition) is 2. The molecule has 0 fully saturated rings. The number of rotatable bonds is 4. The maximum absolute atomic E-state index is 5.57. The van der Waals surface area contributed by atoms with Crippen LogP contribution in [0.3, 0.4) is 0 Å². The molecule has 2 aromatic heterocycles. The SMILES string of the molecule is c1ccc(Cn2cc(-c3ccccc3)c(-c3ccco3)n2)cc1. The second-order valence-electron chi connectivity index (χ2n) is 5.42. The van der Waals surface area contributed by atoms with Crippen molar-refractivity contribution in [2.45, 2.75) is 6.54 Å². The van der Waals surface area contributed by atoms with E-state index in [-0.39, 0.29) is 0 Å². The summed E-state index contributed by atoms with van der Waals surface area (Å²) in [5, 5.41) is 4.75. The Bertz CT molecular complexity index is 878. The van der Waals surface area contributed by atoms with Gasteiger partial charge in [-0.2, -0.15) is 5.10 Å². The highest BCUT2D eigenvalue weighted by atomic mass is 16.3. The summed E-state index contributed by atoms with van der Waals surface area (Å²) in [6, 6.07) is 24.4. The highest BCUT2D eigenvalue weighted by Gasteiger charge is 2.15. The normalized spacial score (nSPS) is 10.8. The number of benzene rings is 2. The maximum atomic E-state index is 5.57. The van der Waals surface area contributed by atoms with E-state index in [2.05, 4.69) is 30.5 Å². The van der Waals surface area contributed by atoms with Crippen molar-refractivity contribution in [1.29, 1.82) is 0 Å². The van der Waals surface area contributed by atoms with Crippen LogP contribution in [0.5, 0.6) is 0 Å². The van der Waals surface area contributed by atoms with Gasteiger partial charge in [-0.15, -0.1) is 0 Å². The van der Waals surface area contributed by atoms with Crippen LogP contribution >= 0.6 is 0 Å². The molecule has 0 aliphatic heterocycles. The van der Waals surface area contributed by atoms with Crippen LogP contribution in [0.4, 0.5) is 0 Å². The van der Waals surface area contributed by atoms with E-state index in [9.17, 15) is 0 Å². The van der Waals surface area contributed by atoms with Crippen LogP contribution in [0.2, 0.25) is 0 Å². The predicted octanol–water partition coefficient (Wildman–Crippen LogP) is 4.86. The van der Waals surface area contributed by atoms with Crippen LogP contribution < -0.4 is 0 Å². The minimum absolute atomic E-state index is 0.737. The molecule has 0 saturated heterocycles. The lowest BCUT2D eigenvalue weighted by molar-refractivity contribution is 0.576. The minimum atomic E-state index is 0.737. The van der Waals surface area contributed by atoms with E-state index in [0.29, 0.717) is 0 Å². The van der Waals surface area contributed by atoms with E-state index in [1.54, 1.807) is 6.26 Å². The van der Waals surface area contributed by atoms with Crippen molar-refractivity contribution in [3.05, 3.63) is 90.8 Å². The third-order valence-corrected chi connectivity index (χ3v) is 3.79. The average Bonchev–Trinajstić information content (AvgIpc) is 3.26. The number of nitrogens with zero attached hydrogens (tertiary/aromatic N) is 2. The lowest BCUT2D eigenvalue weighted by Crippen LogP contribution is -1.99. The largest absolute Gasteiger partial charge is 0.463 e. The summed E-state index contributed by atoms with van der Waals surface area (Å²) in [4.78, 5) is 0. The summed E-state index contributed by atoms with van der Waals surface area (Å²) < 4.78 is 7.54. The first-order valence-electron chi connectivity index (χ1n) is 7.61. The van der Waals surface area contributed by atoms with Crippen molar-refractivity contribution >= 4 is 0 Å². The highest BCUT2D eigenvalue weighted by molar-refractivity contribution is 5.78. The van der Waals surface area contributed by atoms with Crippen LogP contribution in [0.1, 0.15) is 5.56 Å². The van der Waals surface area contributed by atoms with Gasteiger partial charge in [-0.3, -0.25) is 4.68 Å². The Morgan fingerprint density at radius 1 is 0.826 bits per heavy atom. The van der Waals surface area contributed by atoms with E-state index in [4.69, 9.17) is 9.52 Å². The zero-order chi connectivity index (χ0) is 15.5. The Hall–Kier alpha value is -3.07. The zero-order valence-electron chi connectivity index (χ0n) is 12.6. The summed E-state index contributed by atoms with van der Waals surface area (Å²) in [7, 11) is 0. The number of furan rings is 1. The van der Waals surface area contributed by atoms with E-state index >= 15 is 0 Å². The fourth-order valence-corrected chi connectivity index (χ4v) is 2.70. The van der Waals surface area contributed by atoms with Crippen LogP contribution in [0, 0.1) is 0 Å². The molecule has 3 heteroatoms. The Morgan fingerprint density at radius 2 is 1.57 bits per heavy atom. The summed E-state index contributed by atoms with van der Waals surface area (Å²) in [6.45, 7) is 0.737. The first kappa shape index (κ1) is 13.6. The lowest BCUT2D eigenvalue weighted by Gasteiger charge is -2.00. The maximum Gasteiger partial charge on any atom is 0.154 e. The van der Waals surface area contributed by atoms with Crippen molar-refractivity contribution in [3.63, 3.8) is 0 Å². The van der Waals surface area contributed by atoms with Gasteiger partial charge in [0, 0.05) is 11.8 Å². The topological polar surface area (TPSA) is 31.0 Å². The van der Waals surface area contributed by atoms with Gasteiger partial charge in [0.05, 0.1) is 12.8 Å². The van der Waals surface area contributed by atoms with Gasteiger partial charge in [-0.05, 0) is 23.3 Å². The molecule has 0 unspecified atom stereocenters. The standard InChI is InChI=1S/C20H16N2O/c1-3-8-16(9-4-1)14-22-15-18(17-10-5-2-6-11-17)20(21-22)19-12-7-13-23-19/h1-13,15H,14H2. The minimum Gasteiger partial charge on any atom is -0.463 e. The van der Waals surface area contributed by atoms with Crippen LogP contribution in [-0.4, -0.2) is 9.78 Å². The fourth-order valence-electron chi connectivity index (χ4n) is 2.70. The molecule has 0 N–H and O–H groups in total. The third kappa shape index (κ3) is 2.81. The van der Waals surface area contributed by atoms with Gasteiger partial charge in [0.15, 0.2) is 5.76 Å². The third-order valence-electron chi connectivity index (χ3n) is 3.79. The smallest absolute Gasteiger partial charge is 0.154 e. The Balaban J connectivity index is 1.78. The van der Waals surface area contributed by atoms with Gasteiger partial charge < -0.3 is 4.42 Å². The molecule has 3 nitrogen and oxygen atoms in total. The lowest BCUT2D eigenvalue weighted by atomic mass is 10.1. The van der Waals surface area contributed by atoms with Gasteiger partial charge in [0.25, 0.3) is 0 Å². The number of aromatic nitrogens is 2. The monoisotopic (exact) mass is 300 g/mol. The van der Waals surface area contributed by atoms with E-state index in [1.165, 1.54) is 5.56 Å². The molecule has 0 amide bonds. The van der Waals surface area contributed by atoms with Crippen molar-refractivity contribution in [2.24, 2.45) is 0 Å². The van der Waals surface area contributed by atoms with Gasteiger partial charge in [0.1, 0.15) is 5.69 Å². The van der Waals surface area contributed by atoms with Crippen LogP contribution in [-0.2, 0) is 6.54 Å². The summed E-state index contributed by atoms with van der Waals surface area (Å²) in [5.41, 5.74) is 4.31. The van der Waals surface area contributed by atoms with Gasteiger partial charge in [0.2, 0.25) is 0 Å². The highest BCUT2D eigenvalue weighted by Crippen LogP contribution is 2.31. The van der Waals surface area contributed by atoms with E-state index < -0.39 is 0 Å². The molecule has 0 bridgehead atoms. The molecule has 2 aromatic carbocycles.